The molecule has 6 nitrogen and oxygen atoms in total. The van der Waals surface area contributed by atoms with E-state index < -0.39 is 11.9 Å². The first-order chi connectivity index (χ1) is 15.4. The fourth-order valence-corrected chi connectivity index (χ4v) is 3.90. The number of benzene rings is 2. The number of carboxylic acids is 2. The fraction of sp³-hybridized carbons (Fsp3) is 0.481. The molecule has 0 heterocycles. The zero-order valence-corrected chi connectivity index (χ0v) is 20.6. The molecule has 184 valence electrons. The smallest absolute Gasteiger partial charge is 0.335 e. The van der Waals surface area contributed by atoms with Gasteiger partial charge in [0, 0.05) is 0 Å². The first-order valence-corrected chi connectivity index (χ1v) is 11.4. The molecule has 0 saturated carbocycles. The molecule has 4 N–H and O–H groups in total. The number of carboxylic acid groups (broad SMARTS) is 2. The van der Waals surface area contributed by atoms with E-state index in [-0.39, 0.29) is 24.0 Å². The molecular weight excluding hydrogens is 420 g/mol. The maximum absolute atomic E-state index is 10.2. The Morgan fingerprint density at radius 2 is 1.00 bits per heavy atom. The Hall–Kier alpha value is -2.70. The highest BCUT2D eigenvalue weighted by atomic mass is 16.4. The van der Waals surface area contributed by atoms with Crippen LogP contribution in [-0.4, -0.2) is 44.6 Å². The Morgan fingerprint density at radius 1 is 0.667 bits per heavy atom. The predicted molar refractivity (Wildman–Crippen MR) is 131 cm³/mol. The summed E-state index contributed by atoms with van der Waals surface area (Å²) in [6, 6.07) is 16.6. The topological polar surface area (TPSA) is 115 Å². The van der Waals surface area contributed by atoms with Crippen LogP contribution in [0.5, 0.6) is 0 Å². The normalized spacial score (nSPS) is 14.1. The standard InChI is InChI=1S/C13H28O2.2C7H6O2/c1-7-11(15)13(9(4)5)12(8(2)3)10(6)14;2*8-7(9)6-4-2-1-3-5-6/h8-15H,7H2,1-6H3;2*1-5H,(H,8,9). The van der Waals surface area contributed by atoms with Gasteiger partial charge in [-0.25, -0.2) is 9.59 Å². The Labute approximate surface area is 197 Å². The van der Waals surface area contributed by atoms with E-state index in [9.17, 15) is 19.8 Å². The van der Waals surface area contributed by atoms with Crippen molar-refractivity contribution in [2.24, 2.45) is 23.7 Å². The van der Waals surface area contributed by atoms with E-state index in [1.807, 2.05) is 13.8 Å². The number of aliphatic hydroxyl groups is 2. The Morgan fingerprint density at radius 3 is 1.18 bits per heavy atom. The van der Waals surface area contributed by atoms with Crippen LogP contribution >= 0.6 is 0 Å². The monoisotopic (exact) mass is 460 g/mol. The van der Waals surface area contributed by atoms with Crippen molar-refractivity contribution >= 4 is 11.9 Å². The molecule has 0 amide bonds. The predicted octanol–water partition coefficient (Wildman–Crippen LogP) is 5.45. The first-order valence-electron chi connectivity index (χ1n) is 11.4. The molecule has 0 aliphatic carbocycles. The van der Waals surface area contributed by atoms with E-state index in [0.717, 1.165) is 6.42 Å². The van der Waals surface area contributed by atoms with Gasteiger partial charge in [-0.2, -0.15) is 0 Å². The van der Waals surface area contributed by atoms with E-state index in [0.29, 0.717) is 23.0 Å². The number of hydrogen-bond donors (Lipinski definition) is 4. The highest BCUT2D eigenvalue weighted by Gasteiger charge is 2.34. The third-order valence-electron chi connectivity index (χ3n) is 5.45. The molecule has 0 radical (unpaired) electrons. The largest absolute Gasteiger partial charge is 0.478 e. The van der Waals surface area contributed by atoms with Gasteiger partial charge in [0.15, 0.2) is 0 Å². The van der Waals surface area contributed by atoms with E-state index in [2.05, 4.69) is 27.7 Å². The van der Waals surface area contributed by atoms with Crippen LogP contribution in [0.2, 0.25) is 0 Å². The molecule has 6 heteroatoms. The maximum atomic E-state index is 10.2. The minimum absolute atomic E-state index is 0.181. The van der Waals surface area contributed by atoms with Gasteiger partial charge in [-0.15, -0.1) is 0 Å². The molecule has 4 unspecified atom stereocenters. The van der Waals surface area contributed by atoms with Gasteiger partial charge in [-0.05, 0) is 61.3 Å². The molecule has 0 aromatic heterocycles. The summed E-state index contributed by atoms with van der Waals surface area (Å²) in [6.07, 6.45) is 0.115. The van der Waals surface area contributed by atoms with Crippen molar-refractivity contribution in [3.8, 4) is 0 Å². The van der Waals surface area contributed by atoms with Crippen molar-refractivity contribution in [1.29, 1.82) is 0 Å². The summed E-state index contributed by atoms with van der Waals surface area (Å²) in [6.45, 7) is 12.3. The van der Waals surface area contributed by atoms with Gasteiger partial charge in [0.2, 0.25) is 0 Å². The second kappa shape index (κ2) is 16.0. The summed E-state index contributed by atoms with van der Waals surface area (Å²) in [7, 11) is 0. The molecule has 2 aromatic rings. The van der Waals surface area contributed by atoms with Gasteiger partial charge in [-0.3, -0.25) is 0 Å². The van der Waals surface area contributed by atoms with Gasteiger partial charge in [0.25, 0.3) is 0 Å². The van der Waals surface area contributed by atoms with E-state index in [1.165, 1.54) is 0 Å². The van der Waals surface area contributed by atoms with Crippen LogP contribution in [0.1, 0.15) is 68.7 Å². The molecule has 0 spiro atoms. The van der Waals surface area contributed by atoms with Crippen LogP contribution in [0.25, 0.3) is 0 Å². The van der Waals surface area contributed by atoms with Crippen molar-refractivity contribution in [2.45, 2.75) is 60.2 Å². The van der Waals surface area contributed by atoms with Crippen LogP contribution in [0.4, 0.5) is 0 Å². The average Bonchev–Trinajstić information content (AvgIpc) is 2.78. The molecule has 0 bridgehead atoms. The van der Waals surface area contributed by atoms with Gasteiger partial charge >= 0.3 is 11.9 Å². The lowest BCUT2D eigenvalue weighted by molar-refractivity contribution is -0.0286. The van der Waals surface area contributed by atoms with Crippen LogP contribution in [0.15, 0.2) is 60.7 Å². The molecule has 0 aliphatic heterocycles. The highest BCUT2D eigenvalue weighted by molar-refractivity contribution is 5.87. The van der Waals surface area contributed by atoms with Crippen molar-refractivity contribution in [2.75, 3.05) is 0 Å². The fourth-order valence-electron chi connectivity index (χ4n) is 3.90. The van der Waals surface area contributed by atoms with E-state index >= 15 is 0 Å². The van der Waals surface area contributed by atoms with Crippen molar-refractivity contribution in [3.63, 3.8) is 0 Å². The summed E-state index contributed by atoms with van der Waals surface area (Å²) < 4.78 is 0. The van der Waals surface area contributed by atoms with Crippen molar-refractivity contribution in [3.05, 3.63) is 71.8 Å². The van der Waals surface area contributed by atoms with Gasteiger partial charge in [-0.1, -0.05) is 71.0 Å². The quantitative estimate of drug-likeness (QED) is 0.416. The number of carbonyl (C=O) groups is 2. The Kier molecular flexibility index (Phi) is 14.7. The van der Waals surface area contributed by atoms with E-state index in [4.69, 9.17) is 10.2 Å². The van der Waals surface area contributed by atoms with Crippen LogP contribution < -0.4 is 0 Å². The highest BCUT2D eigenvalue weighted by Crippen LogP contribution is 2.33. The number of aromatic carboxylic acids is 2. The third-order valence-corrected chi connectivity index (χ3v) is 5.45. The third kappa shape index (κ3) is 11.6. The maximum Gasteiger partial charge on any atom is 0.335 e. The molecule has 0 aliphatic rings. The summed E-state index contributed by atoms with van der Waals surface area (Å²) in [5.74, 6) is -0.582. The lowest BCUT2D eigenvalue weighted by Gasteiger charge is -2.38. The van der Waals surface area contributed by atoms with Crippen molar-refractivity contribution < 1.29 is 30.0 Å². The summed E-state index contributed by atoms with van der Waals surface area (Å²) in [4.78, 5) is 20.4. The SMILES string of the molecule is CCC(O)C(C(C)C)C(C(C)C)C(C)O.O=C(O)c1ccccc1.O=C(O)c1ccccc1. The molecule has 2 rings (SSSR count). The lowest BCUT2D eigenvalue weighted by atomic mass is 9.71. The number of rotatable bonds is 8. The second-order valence-electron chi connectivity index (χ2n) is 8.70. The number of aliphatic hydroxyl groups excluding tert-OH is 2. The molecular formula is C27H40O6. The zero-order chi connectivity index (χ0) is 25.6. The molecule has 0 fully saturated rings. The molecule has 33 heavy (non-hydrogen) atoms. The van der Waals surface area contributed by atoms with Gasteiger partial charge in [0.1, 0.15) is 0 Å². The van der Waals surface area contributed by atoms with E-state index in [1.54, 1.807) is 60.7 Å². The molecule has 0 saturated heterocycles. The zero-order valence-electron chi connectivity index (χ0n) is 20.6. The minimum atomic E-state index is -0.879. The second-order valence-corrected chi connectivity index (χ2v) is 8.70. The summed E-state index contributed by atoms with van der Waals surface area (Å²) in [5, 5.41) is 36.6. The average molecular weight is 461 g/mol. The lowest BCUT2D eigenvalue weighted by Crippen LogP contribution is -2.40. The molecule has 4 atom stereocenters. The van der Waals surface area contributed by atoms with Gasteiger partial charge < -0.3 is 20.4 Å². The first kappa shape index (κ1) is 30.3. The summed E-state index contributed by atoms with van der Waals surface area (Å²) >= 11 is 0. The van der Waals surface area contributed by atoms with Gasteiger partial charge in [0.05, 0.1) is 23.3 Å². The molecule has 2 aromatic carbocycles. The minimum Gasteiger partial charge on any atom is -0.478 e. The Bertz CT molecular complexity index is 729. The van der Waals surface area contributed by atoms with Crippen molar-refractivity contribution in [1.82, 2.24) is 0 Å². The Balaban J connectivity index is 0.000000489. The van der Waals surface area contributed by atoms with Crippen LogP contribution in [0.3, 0.4) is 0 Å². The number of hydrogen-bond acceptors (Lipinski definition) is 4. The van der Waals surface area contributed by atoms with Crippen LogP contribution in [-0.2, 0) is 0 Å². The summed E-state index contributed by atoms with van der Waals surface area (Å²) in [5.41, 5.74) is 0.662. The van der Waals surface area contributed by atoms with Crippen LogP contribution in [0, 0.1) is 23.7 Å².